The van der Waals surface area contributed by atoms with Crippen LogP contribution in [0.5, 0.6) is 0 Å². The van der Waals surface area contributed by atoms with Crippen LogP contribution in [0.25, 0.3) is 0 Å². The monoisotopic (exact) mass is 193 g/mol. The first-order chi connectivity index (χ1) is 6.51. The van der Waals surface area contributed by atoms with E-state index in [1.165, 1.54) is 0 Å². The second kappa shape index (κ2) is 4.31. The topological polar surface area (TPSA) is 37.0 Å². The lowest BCUT2D eigenvalue weighted by Gasteiger charge is -2.19. The maximum Gasteiger partial charge on any atom is 0.0547 e. The molecule has 1 rings (SSSR count). The molecule has 0 aliphatic carbocycles. The van der Waals surface area contributed by atoms with Gasteiger partial charge in [0.05, 0.1) is 23.8 Å². The molecule has 0 spiro atoms. The van der Waals surface area contributed by atoms with Crippen molar-refractivity contribution in [1.29, 1.82) is 0 Å². The quantitative estimate of drug-likeness (QED) is 0.774. The molecule has 1 heterocycles. The van der Waals surface area contributed by atoms with Crippen LogP contribution in [-0.2, 0) is 0 Å². The molecule has 1 aromatic heterocycles. The molecule has 0 aliphatic heterocycles. The fourth-order valence-corrected chi connectivity index (χ4v) is 1.04. The molecule has 14 heavy (non-hydrogen) atoms. The lowest BCUT2D eigenvalue weighted by atomic mass is 9.97. The number of nitrogens with one attached hydrogen (secondary N) is 2. The first kappa shape index (κ1) is 10.8. The number of anilines is 2. The molecule has 0 saturated carbocycles. The van der Waals surface area contributed by atoms with Crippen LogP contribution >= 0.6 is 0 Å². The van der Waals surface area contributed by atoms with Crippen molar-refractivity contribution in [3.05, 3.63) is 18.5 Å². The van der Waals surface area contributed by atoms with E-state index in [4.69, 9.17) is 0 Å². The van der Waals surface area contributed by atoms with Crippen LogP contribution in [0.1, 0.15) is 20.8 Å². The molecule has 0 saturated heterocycles. The van der Waals surface area contributed by atoms with E-state index >= 15 is 0 Å². The zero-order valence-corrected chi connectivity index (χ0v) is 9.39. The summed E-state index contributed by atoms with van der Waals surface area (Å²) in [4.78, 5) is 4.13. The Bertz CT molecular complexity index is 289. The number of hydrogen-bond acceptors (Lipinski definition) is 3. The van der Waals surface area contributed by atoms with Crippen molar-refractivity contribution in [2.75, 3.05) is 24.2 Å². The highest BCUT2D eigenvalue weighted by Crippen LogP contribution is 2.16. The SMILES string of the molecule is CNc1cncc(NCC(C)(C)C)c1. The van der Waals surface area contributed by atoms with Crippen LogP contribution in [0.2, 0.25) is 0 Å². The summed E-state index contributed by atoms with van der Waals surface area (Å²) < 4.78 is 0. The Morgan fingerprint density at radius 3 is 2.43 bits per heavy atom. The molecule has 0 fully saturated rings. The van der Waals surface area contributed by atoms with Crippen molar-refractivity contribution in [2.45, 2.75) is 20.8 Å². The van der Waals surface area contributed by atoms with Crippen LogP contribution in [0.3, 0.4) is 0 Å². The molecule has 0 amide bonds. The van der Waals surface area contributed by atoms with Gasteiger partial charge in [-0.15, -0.1) is 0 Å². The van der Waals surface area contributed by atoms with E-state index in [1.54, 1.807) is 0 Å². The summed E-state index contributed by atoms with van der Waals surface area (Å²) in [6.07, 6.45) is 3.65. The molecule has 0 aliphatic rings. The van der Waals surface area contributed by atoms with Gasteiger partial charge in [0.15, 0.2) is 0 Å². The van der Waals surface area contributed by atoms with Crippen LogP contribution < -0.4 is 10.6 Å². The van der Waals surface area contributed by atoms with Gasteiger partial charge in [-0.25, -0.2) is 0 Å². The van der Waals surface area contributed by atoms with Gasteiger partial charge in [0.25, 0.3) is 0 Å². The zero-order chi connectivity index (χ0) is 10.6. The summed E-state index contributed by atoms with van der Waals surface area (Å²) in [5, 5.41) is 6.42. The van der Waals surface area contributed by atoms with Crippen LogP contribution in [0, 0.1) is 5.41 Å². The Kier molecular flexibility index (Phi) is 3.33. The minimum Gasteiger partial charge on any atom is -0.387 e. The van der Waals surface area contributed by atoms with E-state index in [2.05, 4.69) is 42.5 Å². The van der Waals surface area contributed by atoms with Crippen LogP contribution in [0.4, 0.5) is 11.4 Å². The molecule has 0 unspecified atom stereocenters. The Hall–Kier alpha value is -1.25. The van der Waals surface area contributed by atoms with E-state index in [0.29, 0.717) is 0 Å². The van der Waals surface area contributed by atoms with Crippen molar-refractivity contribution in [2.24, 2.45) is 5.41 Å². The molecule has 0 atom stereocenters. The fourth-order valence-electron chi connectivity index (χ4n) is 1.04. The van der Waals surface area contributed by atoms with Gasteiger partial charge in [-0.2, -0.15) is 0 Å². The number of hydrogen-bond donors (Lipinski definition) is 2. The predicted molar refractivity (Wildman–Crippen MR) is 61.7 cm³/mol. The Morgan fingerprint density at radius 2 is 1.86 bits per heavy atom. The smallest absolute Gasteiger partial charge is 0.0547 e. The van der Waals surface area contributed by atoms with Crippen LogP contribution in [-0.4, -0.2) is 18.6 Å². The molecular weight excluding hydrogens is 174 g/mol. The van der Waals surface area contributed by atoms with Crippen molar-refractivity contribution in [3.8, 4) is 0 Å². The molecule has 0 radical (unpaired) electrons. The lowest BCUT2D eigenvalue weighted by Crippen LogP contribution is -2.19. The third-order valence-electron chi connectivity index (χ3n) is 1.85. The first-order valence-corrected chi connectivity index (χ1v) is 4.88. The maximum absolute atomic E-state index is 4.13. The fraction of sp³-hybridized carbons (Fsp3) is 0.545. The molecule has 78 valence electrons. The third kappa shape index (κ3) is 3.64. The highest BCUT2D eigenvalue weighted by atomic mass is 14.9. The van der Waals surface area contributed by atoms with Crippen molar-refractivity contribution in [1.82, 2.24) is 4.98 Å². The maximum atomic E-state index is 4.13. The average molecular weight is 193 g/mol. The number of aromatic nitrogens is 1. The van der Waals surface area contributed by atoms with E-state index in [-0.39, 0.29) is 5.41 Å². The molecule has 0 aromatic carbocycles. The van der Waals surface area contributed by atoms with Gasteiger partial charge in [0.1, 0.15) is 0 Å². The molecule has 0 bridgehead atoms. The summed E-state index contributed by atoms with van der Waals surface area (Å²) in [5.74, 6) is 0. The number of rotatable bonds is 3. The highest BCUT2D eigenvalue weighted by molar-refractivity contribution is 5.53. The van der Waals surface area contributed by atoms with Crippen molar-refractivity contribution >= 4 is 11.4 Å². The minimum absolute atomic E-state index is 0.287. The first-order valence-electron chi connectivity index (χ1n) is 4.88. The summed E-state index contributed by atoms with van der Waals surface area (Å²) in [6, 6.07) is 2.05. The standard InChI is InChI=1S/C11H19N3/c1-11(2,3)8-14-10-5-9(12-4)6-13-7-10/h5-7,12,14H,8H2,1-4H3. The molecular formula is C11H19N3. The van der Waals surface area contributed by atoms with Crippen molar-refractivity contribution < 1.29 is 0 Å². The zero-order valence-electron chi connectivity index (χ0n) is 9.39. The Morgan fingerprint density at radius 1 is 1.21 bits per heavy atom. The van der Waals surface area contributed by atoms with Crippen molar-refractivity contribution in [3.63, 3.8) is 0 Å². The van der Waals surface area contributed by atoms with Gasteiger partial charge >= 0.3 is 0 Å². The highest BCUT2D eigenvalue weighted by Gasteiger charge is 2.09. The normalized spacial score (nSPS) is 11.1. The average Bonchev–Trinajstić information content (AvgIpc) is 2.14. The molecule has 3 heteroatoms. The van der Waals surface area contributed by atoms with E-state index in [9.17, 15) is 0 Å². The lowest BCUT2D eigenvalue weighted by molar-refractivity contribution is 0.443. The second-order valence-corrected chi connectivity index (χ2v) is 4.63. The molecule has 3 nitrogen and oxygen atoms in total. The molecule has 2 N–H and O–H groups in total. The van der Waals surface area contributed by atoms with Gasteiger partial charge in [-0.3, -0.25) is 4.98 Å². The van der Waals surface area contributed by atoms with Gasteiger partial charge in [0, 0.05) is 13.6 Å². The summed E-state index contributed by atoms with van der Waals surface area (Å²) in [7, 11) is 1.89. The summed E-state index contributed by atoms with van der Waals surface area (Å²) in [5.41, 5.74) is 2.38. The Balaban J connectivity index is 2.59. The van der Waals surface area contributed by atoms with Crippen LogP contribution in [0.15, 0.2) is 18.5 Å². The third-order valence-corrected chi connectivity index (χ3v) is 1.85. The predicted octanol–water partition coefficient (Wildman–Crippen LogP) is 2.58. The number of pyridine rings is 1. The summed E-state index contributed by atoms with van der Waals surface area (Å²) >= 11 is 0. The number of nitrogens with zero attached hydrogens (tertiary/aromatic N) is 1. The van der Waals surface area contributed by atoms with Gasteiger partial charge < -0.3 is 10.6 Å². The van der Waals surface area contributed by atoms with E-state index in [0.717, 1.165) is 17.9 Å². The second-order valence-electron chi connectivity index (χ2n) is 4.63. The summed E-state index contributed by atoms with van der Waals surface area (Å²) in [6.45, 7) is 7.56. The van der Waals surface area contributed by atoms with E-state index < -0.39 is 0 Å². The Labute approximate surface area is 85.9 Å². The minimum atomic E-state index is 0.287. The largest absolute Gasteiger partial charge is 0.387 e. The molecule has 1 aromatic rings. The van der Waals surface area contributed by atoms with Gasteiger partial charge in [0.2, 0.25) is 0 Å². The van der Waals surface area contributed by atoms with Gasteiger partial charge in [-0.1, -0.05) is 20.8 Å². The van der Waals surface area contributed by atoms with E-state index in [1.807, 2.05) is 19.4 Å². The van der Waals surface area contributed by atoms with Gasteiger partial charge in [-0.05, 0) is 11.5 Å².